The van der Waals surface area contributed by atoms with E-state index in [1.807, 2.05) is 75.2 Å². The van der Waals surface area contributed by atoms with Gasteiger partial charge in [0.15, 0.2) is 11.5 Å². The molecular formula is C41H48N3O11S2+. The van der Waals surface area contributed by atoms with Gasteiger partial charge in [0, 0.05) is 30.0 Å². The molecule has 1 aromatic heterocycles. The first kappa shape index (κ1) is 40.6. The number of rotatable bonds is 10. The van der Waals surface area contributed by atoms with Gasteiger partial charge in [-0.3, -0.25) is 18.7 Å². The molecule has 0 saturated carbocycles. The molecule has 0 radical (unpaired) electrons. The van der Waals surface area contributed by atoms with Crippen LogP contribution in [0.3, 0.4) is 0 Å². The third-order valence-corrected chi connectivity index (χ3v) is 13.1. The topological polar surface area (TPSA) is 190 Å². The molecule has 0 spiro atoms. The van der Waals surface area contributed by atoms with Crippen LogP contribution in [0.1, 0.15) is 120 Å². The lowest BCUT2D eigenvalue weighted by Crippen LogP contribution is -2.38. The van der Waals surface area contributed by atoms with Crippen molar-refractivity contribution in [3.05, 3.63) is 69.1 Å². The van der Waals surface area contributed by atoms with Gasteiger partial charge in [0.2, 0.25) is 0 Å². The van der Waals surface area contributed by atoms with E-state index < -0.39 is 58.6 Å². The van der Waals surface area contributed by atoms with E-state index in [4.69, 9.17) is 9.57 Å². The minimum absolute atomic E-state index is 0.00611. The van der Waals surface area contributed by atoms with E-state index in [0.717, 1.165) is 5.57 Å². The fourth-order valence-electron chi connectivity index (χ4n) is 9.11. The molecule has 14 nitrogen and oxygen atoms in total. The van der Waals surface area contributed by atoms with Crippen LogP contribution in [0.5, 0.6) is 11.5 Å². The number of hydroxylamine groups is 2. The molecule has 1 atom stereocenters. The van der Waals surface area contributed by atoms with Crippen molar-refractivity contribution in [1.29, 1.82) is 0 Å². The van der Waals surface area contributed by atoms with E-state index in [-0.39, 0.29) is 48.3 Å². The number of benzene rings is 2. The van der Waals surface area contributed by atoms with Crippen LogP contribution in [-0.2, 0) is 59.5 Å². The SMILES string of the molecule is CC1=CC(C)(C)Cc2c1cc1c(c2S(=O)(=O)O)Oc2c(S(=O)(=O)O)c3c(cc2=C1c1n(CCCCCC(=O)ON2C(=O)CCC2=O)cc[n+]1C)C(C)CC(C)(C)C=3. The Bertz CT molecular complexity index is 2660. The number of aromatic nitrogens is 2. The van der Waals surface area contributed by atoms with Crippen LogP contribution < -0.4 is 19.7 Å². The van der Waals surface area contributed by atoms with Crippen molar-refractivity contribution in [1.82, 2.24) is 9.63 Å². The molecule has 1 fully saturated rings. The van der Waals surface area contributed by atoms with E-state index >= 15 is 0 Å². The summed E-state index contributed by atoms with van der Waals surface area (Å²) in [5.74, 6) is -1.82. The lowest BCUT2D eigenvalue weighted by atomic mass is 9.74. The Labute approximate surface area is 331 Å². The van der Waals surface area contributed by atoms with E-state index in [2.05, 4.69) is 6.08 Å². The predicted molar refractivity (Wildman–Crippen MR) is 207 cm³/mol. The Morgan fingerprint density at radius 2 is 1.60 bits per heavy atom. The fourth-order valence-corrected chi connectivity index (χ4v) is 10.8. The highest BCUT2D eigenvalue weighted by Gasteiger charge is 2.42. The Balaban J connectivity index is 1.41. The Morgan fingerprint density at radius 1 is 0.930 bits per heavy atom. The van der Waals surface area contributed by atoms with Gasteiger partial charge in [0.1, 0.15) is 22.2 Å². The second-order valence-electron chi connectivity index (χ2n) is 17.1. The summed E-state index contributed by atoms with van der Waals surface area (Å²) in [5, 5.41) is 1.14. The van der Waals surface area contributed by atoms with E-state index in [1.165, 1.54) is 0 Å². The van der Waals surface area contributed by atoms with Gasteiger partial charge in [0.05, 0.1) is 19.2 Å². The maximum Gasteiger partial charge on any atom is 0.333 e. The van der Waals surface area contributed by atoms with Gasteiger partial charge in [-0.1, -0.05) is 46.8 Å². The van der Waals surface area contributed by atoms with E-state index in [1.54, 1.807) is 13.1 Å². The average Bonchev–Trinajstić information content (AvgIpc) is 3.59. The summed E-state index contributed by atoms with van der Waals surface area (Å²) in [6.07, 6.45) is 9.99. The van der Waals surface area contributed by atoms with Crippen LogP contribution in [0.2, 0.25) is 0 Å². The third kappa shape index (κ3) is 7.48. The first-order valence-corrected chi connectivity index (χ1v) is 21.9. The average molecular weight is 823 g/mol. The fraction of sp³-hybridized carbons (Fsp3) is 0.463. The molecule has 3 heterocycles. The maximum atomic E-state index is 13.5. The second-order valence-corrected chi connectivity index (χ2v) is 19.9. The van der Waals surface area contributed by atoms with Gasteiger partial charge in [0.25, 0.3) is 37.9 Å². The molecule has 4 aliphatic rings. The molecule has 2 amide bonds. The number of allylic oxidation sites excluding steroid dienone is 2. The molecule has 2 aliphatic carbocycles. The number of nitrogens with zero attached hydrogens (tertiary/aromatic N) is 3. The quantitative estimate of drug-likeness (QED) is 0.0982. The lowest BCUT2D eigenvalue weighted by Gasteiger charge is -2.34. The first-order valence-electron chi connectivity index (χ1n) is 19.1. The molecule has 16 heteroatoms. The van der Waals surface area contributed by atoms with Gasteiger partial charge in [-0.25, -0.2) is 13.9 Å². The predicted octanol–water partition coefficient (Wildman–Crippen LogP) is 4.63. The number of amides is 2. The number of imidazole rings is 1. The van der Waals surface area contributed by atoms with Crippen molar-refractivity contribution in [3.8, 4) is 11.5 Å². The van der Waals surface area contributed by atoms with Crippen molar-refractivity contribution in [3.63, 3.8) is 0 Å². The molecule has 2 aliphatic heterocycles. The Hall–Kier alpha value is -4.64. The van der Waals surface area contributed by atoms with E-state index in [0.29, 0.717) is 76.2 Å². The summed E-state index contributed by atoms with van der Waals surface area (Å²) in [5.41, 5.74) is 2.25. The van der Waals surface area contributed by atoms with Crippen molar-refractivity contribution in [2.24, 2.45) is 17.9 Å². The van der Waals surface area contributed by atoms with Crippen molar-refractivity contribution >= 4 is 55.2 Å². The van der Waals surface area contributed by atoms with Crippen molar-refractivity contribution < 1.29 is 54.5 Å². The highest BCUT2D eigenvalue weighted by molar-refractivity contribution is 7.86. The van der Waals surface area contributed by atoms with E-state index in [9.17, 15) is 40.3 Å². The summed E-state index contributed by atoms with van der Waals surface area (Å²) >= 11 is 0. The third-order valence-electron chi connectivity index (χ3n) is 11.2. The highest BCUT2D eigenvalue weighted by atomic mass is 32.2. The van der Waals surface area contributed by atoms with Crippen LogP contribution in [0.15, 0.2) is 40.4 Å². The number of imide groups is 1. The first-order chi connectivity index (χ1) is 26.5. The largest absolute Gasteiger partial charge is 0.453 e. The number of hydrogen-bond acceptors (Lipinski definition) is 9. The molecule has 1 saturated heterocycles. The Kier molecular flexibility index (Phi) is 9.98. The summed E-state index contributed by atoms with van der Waals surface area (Å²) in [4.78, 5) is 40.2. The minimum Gasteiger partial charge on any atom is -0.453 e. The number of ether oxygens (including phenoxy) is 1. The maximum absolute atomic E-state index is 13.5. The zero-order valence-corrected chi connectivity index (χ0v) is 34.8. The van der Waals surface area contributed by atoms with Gasteiger partial charge in [-0.2, -0.15) is 16.8 Å². The standard InChI is InChI=1S/C41H47N3O11S2/c1-23-19-40(3,4)21-29-25(23)17-27-34(39-42(7)15-16-43(39)14-10-8-9-11-33(47)55-44-31(45)12-13-32(44)46)28-18-26-24(2)20-41(5,6)22-30(26)38(57(51,52)53)36(28)54-35(27)37(29)56(48,49)50/h15-19,22,24H,8-14,20-21H2,1-7H3,(H-,48,49,50,51,52,53)/p+1. The summed E-state index contributed by atoms with van der Waals surface area (Å²) in [6.45, 7) is 12.1. The van der Waals surface area contributed by atoms with Crippen LogP contribution in [-0.4, -0.2) is 53.4 Å². The molecule has 57 heavy (non-hydrogen) atoms. The normalized spacial score (nSPS) is 19.5. The molecule has 2 N–H and O–H groups in total. The second kappa shape index (κ2) is 14.0. The molecule has 1 unspecified atom stereocenters. The molecule has 304 valence electrons. The number of fused-ring (bicyclic) bond motifs is 4. The number of carbonyl (C=O) groups is 3. The molecule has 0 bridgehead atoms. The van der Waals surface area contributed by atoms with Crippen LogP contribution in [0.25, 0.3) is 17.2 Å². The molecule has 2 aromatic carbocycles. The molecule has 7 rings (SSSR count). The zero-order valence-electron chi connectivity index (χ0n) is 33.1. The van der Waals surface area contributed by atoms with Gasteiger partial charge >= 0.3 is 5.97 Å². The number of carbonyl (C=O) groups excluding carboxylic acids is 3. The van der Waals surface area contributed by atoms with Crippen LogP contribution >= 0.6 is 0 Å². The van der Waals surface area contributed by atoms with Crippen LogP contribution in [0.4, 0.5) is 0 Å². The van der Waals surface area contributed by atoms with Gasteiger partial charge in [-0.05, 0) is 95.4 Å². The monoisotopic (exact) mass is 822 g/mol. The smallest absolute Gasteiger partial charge is 0.333 e. The molecular weight excluding hydrogens is 775 g/mol. The minimum atomic E-state index is -4.99. The van der Waals surface area contributed by atoms with Gasteiger partial charge < -0.3 is 9.57 Å². The van der Waals surface area contributed by atoms with Gasteiger partial charge in [-0.15, -0.1) is 5.06 Å². The van der Waals surface area contributed by atoms with Crippen molar-refractivity contribution in [2.45, 2.75) is 115 Å². The zero-order chi connectivity index (χ0) is 41.6. The van der Waals surface area contributed by atoms with Crippen molar-refractivity contribution in [2.75, 3.05) is 0 Å². The van der Waals surface area contributed by atoms with Crippen LogP contribution in [0, 0.1) is 10.8 Å². The number of unbranched alkanes of at least 4 members (excludes halogenated alkanes) is 2. The molecule has 3 aromatic rings. The summed E-state index contributed by atoms with van der Waals surface area (Å²) in [7, 11) is -8.17. The number of aryl methyl sites for hydroxylation is 2. The Morgan fingerprint density at radius 3 is 2.25 bits per heavy atom. The lowest BCUT2D eigenvalue weighted by molar-refractivity contribution is -0.673. The summed E-state index contributed by atoms with van der Waals surface area (Å²) in [6, 6.07) is 3.70. The summed E-state index contributed by atoms with van der Waals surface area (Å²) < 4.78 is 86.4. The highest BCUT2D eigenvalue weighted by Crippen LogP contribution is 2.49. The number of hydrogen-bond donors (Lipinski definition) is 2.